The smallest absolute Gasteiger partial charge is 0.338 e. The molecule has 94 valence electrons. The zero-order valence-electron chi connectivity index (χ0n) is 9.74. The molecule has 1 aromatic heterocycles. The number of nitrogens with one attached hydrogen (secondary N) is 1. The van der Waals surface area contributed by atoms with Gasteiger partial charge < -0.3 is 14.8 Å². The highest BCUT2D eigenvalue weighted by atomic mass is 19.1. The Morgan fingerprint density at radius 2 is 2.22 bits per heavy atom. The fraction of sp³-hybridized carbons (Fsp3) is 0.154. The second-order valence-electron chi connectivity index (χ2n) is 3.92. The SMILES string of the molecule is Cc1cc(F)ccc1NCc1cc(C(=O)O)co1. The third-order valence-electron chi connectivity index (χ3n) is 2.54. The van der Waals surface area contributed by atoms with E-state index in [4.69, 9.17) is 9.52 Å². The van der Waals surface area contributed by atoms with E-state index in [1.165, 1.54) is 24.5 Å². The molecule has 0 unspecified atom stereocenters. The second kappa shape index (κ2) is 4.91. The Hall–Kier alpha value is -2.30. The highest BCUT2D eigenvalue weighted by molar-refractivity contribution is 5.87. The first-order valence-electron chi connectivity index (χ1n) is 5.37. The van der Waals surface area contributed by atoms with Crippen LogP contribution in [-0.2, 0) is 6.54 Å². The maximum atomic E-state index is 12.9. The van der Waals surface area contributed by atoms with Crippen molar-refractivity contribution >= 4 is 11.7 Å². The molecule has 2 aromatic rings. The zero-order chi connectivity index (χ0) is 13.1. The molecule has 5 heteroatoms. The van der Waals surface area contributed by atoms with Crippen molar-refractivity contribution in [3.63, 3.8) is 0 Å². The molecular formula is C13H12FNO3. The van der Waals surface area contributed by atoms with E-state index in [1.807, 2.05) is 0 Å². The van der Waals surface area contributed by atoms with Crippen LogP contribution in [0.2, 0.25) is 0 Å². The summed E-state index contributed by atoms with van der Waals surface area (Å²) in [5.74, 6) is -0.803. The molecule has 0 aliphatic rings. The average molecular weight is 249 g/mol. The first-order chi connectivity index (χ1) is 8.56. The predicted octanol–water partition coefficient (Wildman–Crippen LogP) is 3.04. The standard InChI is InChI=1S/C13H12FNO3/c1-8-4-10(14)2-3-12(8)15-6-11-5-9(7-18-11)13(16)17/h2-5,7,15H,6H2,1H3,(H,16,17). The average Bonchev–Trinajstić information content (AvgIpc) is 2.76. The van der Waals surface area contributed by atoms with E-state index in [0.717, 1.165) is 11.3 Å². The molecule has 0 saturated carbocycles. The van der Waals surface area contributed by atoms with Gasteiger partial charge in [0.1, 0.15) is 17.8 Å². The Morgan fingerprint density at radius 1 is 1.44 bits per heavy atom. The van der Waals surface area contributed by atoms with Gasteiger partial charge in [-0.2, -0.15) is 0 Å². The fourth-order valence-corrected chi connectivity index (χ4v) is 1.59. The Morgan fingerprint density at radius 3 is 2.83 bits per heavy atom. The first kappa shape index (κ1) is 12.2. The van der Waals surface area contributed by atoms with Crippen LogP contribution in [0.5, 0.6) is 0 Å². The van der Waals surface area contributed by atoms with E-state index in [0.29, 0.717) is 12.3 Å². The van der Waals surface area contributed by atoms with Crippen molar-refractivity contribution in [2.45, 2.75) is 13.5 Å². The van der Waals surface area contributed by atoms with Crippen LogP contribution in [0, 0.1) is 12.7 Å². The third-order valence-corrected chi connectivity index (χ3v) is 2.54. The Balaban J connectivity index is 2.04. The summed E-state index contributed by atoms with van der Waals surface area (Å²) < 4.78 is 18.0. The summed E-state index contributed by atoms with van der Waals surface area (Å²) in [6, 6.07) is 5.87. The van der Waals surface area contributed by atoms with Gasteiger partial charge in [-0.3, -0.25) is 0 Å². The summed E-state index contributed by atoms with van der Waals surface area (Å²) in [5, 5.41) is 11.8. The Kier molecular flexibility index (Phi) is 3.32. The van der Waals surface area contributed by atoms with Gasteiger partial charge >= 0.3 is 5.97 Å². The number of carboxylic acids is 1. The molecule has 0 radical (unpaired) electrons. The van der Waals surface area contributed by atoms with Gasteiger partial charge in [-0.05, 0) is 36.8 Å². The van der Waals surface area contributed by atoms with Crippen LogP contribution < -0.4 is 5.32 Å². The van der Waals surface area contributed by atoms with Crippen LogP contribution in [-0.4, -0.2) is 11.1 Å². The third kappa shape index (κ3) is 2.68. The summed E-state index contributed by atoms with van der Waals surface area (Å²) in [6.07, 6.45) is 1.19. The fourth-order valence-electron chi connectivity index (χ4n) is 1.59. The number of halogens is 1. The number of aryl methyl sites for hydroxylation is 1. The molecule has 1 aromatic carbocycles. The normalized spacial score (nSPS) is 10.3. The minimum Gasteiger partial charge on any atom is -0.478 e. The lowest BCUT2D eigenvalue weighted by Gasteiger charge is -2.07. The molecule has 2 rings (SSSR count). The molecule has 0 saturated heterocycles. The number of benzene rings is 1. The molecule has 0 spiro atoms. The van der Waals surface area contributed by atoms with Crippen molar-refractivity contribution in [3.8, 4) is 0 Å². The van der Waals surface area contributed by atoms with Crippen LogP contribution in [0.3, 0.4) is 0 Å². The number of hydrogen-bond donors (Lipinski definition) is 2. The van der Waals surface area contributed by atoms with Crippen molar-refractivity contribution in [3.05, 3.63) is 53.2 Å². The van der Waals surface area contributed by atoms with Gasteiger partial charge in [0.15, 0.2) is 0 Å². The number of rotatable bonds is 4. The number of aromatic carboxylic acids is 1. The molecule has 1 heterocycles. The molecule has 4 nitrogen and oxygen atoms in total. The maximum absolute atomic E-state index is 12.9. The molecule has 2 N–H and O–H groups in total. The number of hydrogen-bond acceptors (Lipinski definition) is 3. The first-order valence-corrected chi connectivity index (χ1v) is 5.37. The maximum Gasteiger partial charge on any atom is 0.338 e. The highest BCUT2D eigenvalue weighted by Crippen LogP contribution is 2.17. The van der Waals surface area contributed by atoms with Crippen molar-refractivity contribution in [2.75, 3.05) is 5.32 Å². The Labute approximate surface area is 103 Å². The van der Waals surface area contributed by atoms with Crippen LogP contribution in [0.15, 0.2) is 34.9 Å². The van der Waals surface area contributed by atoms with Crippen molar-refractivity contribution < 1.29 is 18.7 Å². The number of anilines is 1. The van der Waals surface area contributed by atoms with Crippen molar-refractivity contribution in [1.82, 2.24) is 0 Å². The topological polar surface area (TPSA) is 62.5 Å². The number of carbonyl (C=O) groups is 1. The lowest BCUT2D eigenvalue weighted by Crippen LogP contribution is -2.00. The predicted molar refractivity (Wildman–Crippen MR) is 64.1 cm³/mol. The van der Waals surface area contributed by atoms with Crippen LogP contribution in [0.1, 0.15) is 21.7 Å². The quantitative estimate of drug-likeness (QED) is 0.874. The van der Waals surface area contributed by atoms with Crippen molar-refractivity contribution in [2.24, 2.45) is 0 Å². The van der Waals surface area contributed by atoms with Crippen LogP contribution >= 0.6 is 0 Å². The van der Waals surface area contributed by atoms with Gasteiger partial charge in [-0.25, -0.2) is 9.18 Å². The largest absolute Gasteiger partial charge is 0.478 e. The van der Waals surface area contributed by atoms with E-state index in [2.05, 4.69) is 5.32 Å². The summed E-state index contributed by atoms with van der Waals surface area (Å²) >= 11 is 0. The van der Waals surface area contributed by atoms with E-state index in [9.17, 15) is 9.18 Å². The monoisotopic (exact) mass is 249 g/mol. The number of furan rings is 1. The summed E-state index contributed by atoms with van der Waals surface area (Å²) in [5.41, 5.74) is 1.67. The minimum absolute atomic E-state index is 0.114. The lowest BCUT2D eigenvalue weighted by molar-refractivity contribution is 0.0696. The molecule has 0 amide bonds. The van der Waals surface area contributed by atoms with E-state index >= 15 is 0 Å². The van der Waals surface area contributed by atoms with E-state index < -0.39 is 5.97 Å². The van der Waals surface area contributed by atoms with Crippen LogP contribution in [0.4, 0.5) is 10.1 Å². The van der Waals surface area contributed by atoms with Gasteiger partial charge in [-0.1, -0.05) is 0 Å². The van der Waals surface area contributed by atoms with Gasteiger partial charge in [-0.15, -0.1) is 0 Å². The minimum atomic E-state index is -1.03. The molecule has 0 aliphatic heterocycles. The summed E-state index contributed by atoms with van der Waals surface area (Å²) in [7, 11) is 0. The highest BCUT2D eigenvalue weighted by Gasteiger charge is 2.08. The van der Waals surface area contributed by atoms with Gasteiger partial charge in [0, 0.05) is 5.69 Å². The summed E-state index contributed by atoms with van der Waals surface area (Å²) in [6.45, 7) is 2.13. The molecule has 0 atom stereocenters. The molecule has 0 bridgehead atoms. The second-order valence-corrected chi connectivity index (χ2v) is 3.92. The number of carboxylic acid groups (broad SMARTS) is 1. The lowest BCUT2D eigenvalue weighted by atomic mass is 10.2. The molecule has 0 aliphatic carbocycles. The van der Waals surface area contributed by atoms with Crippen molar-refractivity contribution in [1.29, 1.82) is 0 Å². The van der Waals surface area contributed by atoms with Gasteiger partial charge in [0.2, 0.25) is 0 Å². The van der Waals surface area contributed by atoms with Crippen LogP contribution in [0.25, 0.3) is 0 Å². The van der Waals surface area contributed by atoms with E-state index in [-0.39, 0.29) is 11.4 Å². The zero-order valence-corrected chi connectivity index (χ0v) is 9.74. The van der Waals surface area contributed by atoms with E-state index in [1.54, 1.807) is 13.0 Å². The van der Waals surface area contributed by atoms with Gasteiger partial charge in [0.25, 0.3) is 0 Å². The van der Waals surface area contributed by atoms with Gasteiger partial charge in [0.05, 0.1) is 12.1 Å². The molecule has 0 fully saturated rings. The molecular weight excluding hydrogens is 237 g/mol. The Bertz CT molecular complexity index is 577. The summed E-state index contributed by atoms with van der Waals surface area (Å²) in [4.78, 5) is 10.7. The molecule has 18 heavy (non-hydrogen) atoms.